The summed E-state index contributed by atoms with van der Waals surface area (Å²) in [6, 6.07) is 10.5. The van der Waals surface area contributed by atoms with E-state index in [4.69, 9.17) is 0 Å². The molecule has 0 N–H and O–H groups in total. The standard InChI is InChI=1S/C14H16.C13H12.C2H6/c1-3-5-10-13(4-2)14-11-8-6-7-9-12-14;1-2-5-9-12(8-4-1)13-10-6-3-7-11-13;1-2/h3-6,8-12H,2,7H2,1H3;1-4,6-11H,5H2;1-2H3/b5-3-,13-10+;;. The molecule has 0 atom stereocenters. The molecule has 150 valence electrons. The molecule has 0 fully saturated rings. The predicted molar refractivity (Wildman–Crippen MR) is 133 cm³/mol. The van der Waals surface area contributed by atoms with Gasteiger partial charge >= 0.3 is 0 Å². The van der Waals surface area contributed by atoms with E-state index in [1.165, 1.54) is 16.7 Å². The number of hydrogen-bond donors (Lipinski definition) is 0. The van der Waals surface area contributed by atoms with Crippen molar-refractivity contribution in [1.29, 1.82) is 0 Å². The van der Waals surface area contributed by atoms with E-state index in [2.05, 4.69) is 97.7 Å². The fourth-order valence-corrected chi connectivity index (χ4v) is 2.68. The molecule has 1 aromatic carbocycles. The van der Waals surface area contributed by atoms with Crippen molar-refractivity contribution in [3.63, 3.8) is 0 Å². The van der Waals surface area contributed by atoms with Crippen LogP contribution in [0.3, 0.4) is 0 Å². The second-order valence-electron chi connectivity index (χ2n) is 6.09. The van der Waals surface area contributed by atoms with Gasteiger partial charge in [-0.15, -0.1) is 0 Å². The maximum absolute atomic E-state index is 3.82. The van der Waals surface area contributed by atoms with Crippen LogP contribution >= 0.6 is 0 Å². The summed E-state index contributed by atoms with van der Waals surface area (Å²) in [7, 11) is 0. The Hall–Kier alpha value is -3.12. The van der Waals surface area contributed by atoms with E-state index >= 15 is 0 Å². The number of hydrogen-bond acceptors (Lipinski definition) is 0. The summed E-state index contributed by atoms with van der Waals surface area (Å²) >= 11 is 0. The fourth-order valence-electron chi connectivity index (χ4n) is 2.68. The molecule has 0 radical (unpaired) electrons. The SMILES string of the molecule is C1=CCC=C(c2ccccc2)C=C1.C=C/C(=C\C=C/C)C1=CC=CCC=C1.CC. The van der Waals surface area contributed by atoms with E-state index in [0.717, 1.165) is 18.4 Å². The molecule has 0 aliphatic heterocycles. The first-order valence-electron chi connectivity index (χ1n) is 10.4. The quantitative estimate of drug-likeness (QED) is 0.457. The van der Waals surface area contributed by atoms with E-state index in [0.29, 0.717) is 0 Å². The van der Waals surface area contributed by atoms with Crippen LogP contribution in [-0.2, 0) is 0 Å². The van der Waals surface area contributed by atoms with Gasteiger partial charge in [0.1, 0.15) is 0 Å². The Kier molecular flexibility index (Phi) is 13.1. The van der Waals surface area contributed by atoms with Gasteiger partial charge in [-0.05, 0) is 42.0 Å². The maximum atomic E-state index is 3.82. The molecule has 0 saturated heterocycles. The Morgan fingerprint density at radius 1 is 0.897 bits per heavy atom. The lowest BCUT2D eigenvalue weighted by Crippen LogP contribution is -1.80. The van der Waals surface area contributed by atoms with Gasteiger partial charge in [-0.1, -0.05) is 136 Å². The van der Waals surface area contributed by atoms with Crippen LogP contribution in [-0.4, -0.2) is 0 Å². The summed E-state index contributed by atoms with van der Waals surface area (Å²) in [5, 5.41) is 0. The van der Waals surface area contributed by atoms with Crippen LogP contribution in [0.5, 0.6) is 0 Å². The molecular formula is C29H34. The molecule has 0 spiro atoms. The minimum atomic E-state index is 1.01. The highest BCUT2D eigenvalue weighted by Crippen LogP contribution is 2.18. The molecular weight excluding hydrogens is 348 g/mol. The smallest absolute Gasteiger partial charge is 0.0157 e. The van der Waals surface area contributed by atoms with Gasteiger partial charge in [0.2, 0.25) is 0 Å². The number of benzene rings is 1. The second kappa shape index (κ2) is 15.9. The zero-order valence-corrected chi connectivity index (χ0v) is 18.1. The van der Waals surface area contributed by atoms with Crippen molar-refractivity contribution in [2.24, 2.45) is 0 Å². The molecule has 2 aliphatic rings. The molecule has 0 unspecified atom stereocenters. The summed E-state index contributed by atoms with van der Waals surface area (Å²) in [4.78, 5) is 0. The van der Waals surface area contributed by atoms with Gasteiger partial charge in [0.05, 0.1) is 0 Å². The number of allylic oxidation sites excluding steroid dienone is 17. The number of rotatable bonds is 4. The van der Waals surface area contributed by atoms with Crippen LogP contribution < -0.4 is 0 Å². The zero-order chi connectivity index (χ0) is 21.2. The van der Waals surface area contributed by atoms with Crippen LogP contribution in [0.15, 0.2) is 133 Å². The van der Waals surface area contributed by atoms with Crippen molar-refractivity contribution >= 4 is 5.57 Å². The first-order valence-corrected chi connectivity index (χ1v) is 10.4. The highest BCUT2D eigenvalue weighted by Gasteiger charge is 1.97. The van der Waals surface area contributed by atoms with Gasteiger partial charge in [-0.25, -0.2) is 0 Å². The molecule has 3 rings (SSSR count). The molecule has 0 bridgehead atoms. The molecule has 0 heteroatoms. The Morgan fingerprint density at radius 3 is 2.38 bits per heavy atom. The third kappa shape index (κ3) is 9.58. The highest BCUT2D eigenvalue weighted by molar-refractivity contribution is 5.74. The largest absolute Gasteiger partial charge is 0.0984 e. The van der Waals surface area contributed by atoms with Crippen molar-refractivity contribution in [2.45, 2.75) is 33.6 Å². The predicted octanol–water partition coefficient (Wildman–Crippen LogP) is 8.73. The topological polar surface area (TPSA) is 0 Å². The Balaban J connectivity index is 0.000000268. The zero-order valence-electron chi connectivity index (χ0n) is 18.1. The second-order valence-corrected chi connectivity index (χ2v) is 6.09. The van der Waals surface area contributed by atoms with Crippen LogP contribution in [0.1, 0.15) is 39.2 Å². The van der Waals surface area contributed by atoms with Crippen molar-refractivity contribution in [2.75, 3.05) is 0 Å². The monoisotopic (exact) mass is 382 g/mol. The Morgan fingerprint density at radius 2 is 1.66 bits per heavy atom. The minimum Gasteiger partial charge on any atom is -0.0984 e. The van der Waals surface area contributed by atoms with Crippen LogP contribution in [0.4, 0.5) is 0 Å². The molecule has 0 nitrogen and oxygen atoms in total. The molecule has 1 aromatic rings. The van der Waals surface area contributed by atoms with Crippen molar-refractivity contribution in [3.8, 4) is 0 Å². The summed E-state index contributed by atoms with van der Waals surface area (Å²) in [6.45, 7) is 9.83. The van der Waals surface area contributed by atoms with Gasteiger partial charge in [0.25, 0.3) is 0 Å². The highest BCUT2D eigenvalue weighted by atomic mass is 14.0. The fraction of sp³-hybridized carbons (Fsp3) is 0.172. The van der Waals surface area contributed by atoms with E-state index in [9.17, 15) is 0 Å². The average Bonchev–Trinajstić information content (AvgIpc) is 3.23. The maximum Gasteiger partial charge on any atom is -0.0157 e. The molecule has 29 heavy (non-hydrogen) atoms. The lowest BCUT2D eigenvalue weighted by atomic mass is 10.1. The van der Waals surface area contributed by atoms with Crippen LogP contribution in [0, 0.1) is 0 Å². The van der Waals surface area contributed by atoms with E-state index in [1.807, 2.05) is 45.1 Å². The van der Waals surface area contributed by atoms with E-state index in [-0.39, 0.29) is 0 Å². The van der Waals surface area contributed by atoms with E-state index < -0.39 is 0 Å². The summed E-state index contributed by atoms with van der Waals surface area (Å²) in [5.74, 6) is 0. The first kappa shape index (κ1) is 23.9. The third-order valence-electron chi connectivity index (χ3n) is 4.11. The van der Waals surface area contributed by atoms with Gasteiger partial charge in [-0.3, -0.25) is 0 Å². The van der Waals surface area contributed by atoms with Gasteiger partial charge in [0, 0.05) is 0 Å². The van der Waals surface area contributed by atoms with Crippen LogP contribution in [0.25, 0.3) is 5.57 Å². The molecule has 0 saturated carbocycles. The molecule has 0 aromatic heterocycles. The normalized spacial score (nSPS) is 15.2. The van der Waals surface area contributed by atoms with E-state index in [1.54, 1.807) is 0 Å². The lowest BCUT2D eigenvalue weighted by molar-refractivity contribution is 1.40. The third-order valence-corrected chi connectivity index (χ3v) is 4.11. The average molecular weight is 383 g/mol. The Bertz CT molecular complexity index is 831. The summed E-state index contributed by atoms with van der Waals surface area (Å²) in [6.07, 6.45) is 31.4. The summed E-state index contributed by atoms with van der Waals surface area (Å²) in [5.41, 5.74) is 4.98. The van der Waals surface area contributed by atoms with Crippen LogP contribution in [0.2, 0.25) is 0 Å². The molecule has 0 amide bonds. The van der Waals surface area contributed by atoms with Crippen molar-refractivity contribution in [3.05, 3.63) is 139 Å². The van der Waals surface area contributed by atoms with Crippen molar-refractivity contribution < 1.29 is 0 Å². The molecule has 2 aliphatic carbocycles. The first-order chi connectivity index (χ1) is 14.3. The minimum absolute atomic E-state index is 1.01. The van der Waals surface area contributed by atoms with Gasteiger partial charge in [-0.2, -0.15) is 0 Å². The van der Waals surface area contributed by atoms with Crippen molar-refractivity contribution in [1.82, 2.24) is 0 Å². The lowest BCUT2D eigenvalue weighted by Gasteiger charge is -2.00. The van der Waals surface area contributed by atoms with Gasteiger partial charge < -0.3 is 0 Å². The van der Waals surface area contributed by atoms with Gasteiger partial charge in [0.15, 0.2) is 0 Å². The Labute approximate surface area is 178 Å². The summed E-state index contributed by atoms with van der Waals surface area (Å²) < 4.78 is 0. The molecule has 0 heterocycles.